The number of benzene rings is 4. The lowest BCUT2D eigenvalue weighted by Gasteiger charge is -2.40. The lowest BCUT2D eigenvalue weighted by molar-refractivity contribution is 0.0179. The zero-order valence-electron chi connectivity index (χ0n) is 25.2. The van der Waals surface area contributed by atoms with Gasteiger partial charge in [0.25, 0.3) is 0 Å². The Morgan fingerprint density at radius 1 is 0.786 bits per heavy atom. The molecule has 4 aromatic carbocycles. The molecule has 0 heterocycles. The summed E-state index contributed by atoms with van der Waals surface area (Å²) in [6.45, 7) is 7.82. The highest BCUT2D eigenvalue weighted by molar-refractivity contribution is 7.96. The largest absolute Gasteiger partial charge is 0.391 e. The molecule has 1 N–H and O–H groups in total. The van der Waals surface area contributed by atoms with Crippen molar-refractivity contribution in [2.45, 2.75) is 63.2 Å². The quantitative estimate of drug-likeness (QED) is 0.173. The second-order valence-electron chi connectivity index (χ2n) is 11.4. The van der Waals surface area contributed by atoms with E-state index in [1.54, 1.807) is 12.5 Å². The maximum Gasteiger partial charge on any atom is 0.0966 e. The minimum Gasteiger partial charge on any atom is -0.391 e. The molecule has 0 saturated heterocycles. The molecule has 0 radical (unpaired) electrons. The van der Waals surface area contributed by atoms with Crippen LogP contribution in [-0.2, 0) is 22.8 Å². The third-order valence-corrected chi connectivity index (χ3v) is 9.90. The van der Waals surface area contributed by atoms with E-state index in [0.29, 0.717) is 23.9 Å². The Bertz CT molecular complexity index is 1470. The fraction of sp³-hybridized carbons (Fsp3) is 0.297. The van der Waals surface area contributed by atoms with Gasteiger partial charge < -0.3 is 5.11 Å². The SMILES string of the molecule is CN=S(=O)(/C=C(\C)[C@@H](c1ccccc1)[C@@H](O)[C@H](CC(C)C)N(Cc1ccccc1)Cc1ccccc1)c1ccccc1. The lowest BCUT2D eigenvalue weighted by atomic mass is 9.81. The first-order chi connectivity index (χ1) is 20.3. The van der Waals surface area contributed by atoms with Crippen LogP contribution >= 0.6 is 0 Å². The van der Waals surface area contributed by atoms with E-state index in [1.807, 2.05) is 67.6 Å². The van der Waals surface area contributed by atoms with Crippen LogP contribution in [0.2, 0.25) is 0 Å². The maximum absolute atomic E-state index is 14.2. The van der Waals surface area contributed by atoms with Gasteiger partial charge in [-0.05, 0) is 48.1 Å². The van der Waals surface area contributed by atoms with Gasteiger partial charge in [0.2, 0.25) is 0 Å². The number of hydrogen-bond donors (Lipinski definition) is 1. The Labute approximate surface area is 252 Å². The molecule has 0 amide bonds. The van der Waals surface area contributed by atoms with Crippen molar-refractivity contribution in [2.24, 2.45) is 10.3 Å². The molecule has 1 unspecified atom stereocenters. The van der Waals surface area contributed by atoms with Gasteiger partial charge in [0, 0.05) is 37.5 Å². The van der Waals surface area contributed by atoms with Crippen molar-refractivity contribution >= 4 is 9.73 Å². The van der Waals surface area contributed by atoms with Crippen LogP contribution in [0.5, 0.6) is 0 Å². The molecule has 4 aromatic rings. The van der Waals surface area contributed by atoms with Gasteiger partial charge in [-0.1, -0.05) is 129 Å². The molecule has 0 spiro atoms. The highest BCUT2D eigenvalue weighted by atomic mass is 32.2. The average Bonchev–Trinajstić information content (AvgIpc) is 3.01. The summed E-state index contributed by atoms with van der Waals surface area (Å²) < 4.78 is 18.5. The molecule has 4 nitrogen and oxygen atoms in total. The minimum atomic E-state index is -2.82. The Hall–Kier alpha value is -3.51. The monoisotopic (exact) mass is 580 g/mol. The summed E-state index contributed by atoms with van der Waals surface area (Å²) in [4.78, 5) is 3.08. The Morgan fingerprint density at radius 3 is 1.69 bits per heavy atom. The zero-order chi connectivity index (χ0) is 30.0. The predicted molar refractivity (Wildman–Crippen MR) is 176 cm³/mol. The number of nitrogens with zero attached hydrogens (tertiary/aromatic N) is 2. The van der Waals surface area contributed by atoms with Gasteiger partial charge in [0.15, 0.2) is 0 Å². The van der Waals surface area contributed by atoms with E-state index in [0.717, 1.165) is 17.6 Å². The molecule has 0 aromatic heterocycles. The molecular formula is C37H44N2O2S. The van der Waals surface area contributed by atoms with E-state index >= 15 is 0 Å². The molecule has 4 rings (SSSR count). The molecule has 0 aliphatic rings. The maximum atomic E-state index is 14.2. The van der Waals surface area contributed by atoms with Crippen LogP contribution in [0.1, 0.15) is 49.8 Å². The van der Waals surface area contributed by atoms with Crippen molar-refractivity contribution in [2.75, 3.05) is 7.05 Å². The van der Waals surface area contributed by atoms with Gasteiger partial charge in [-0.2, -0.15) is 0 Å². The van der Waals surface area contributed by atoms with E-state index in [2.05, 4.69) is 83.8 Å². The van der Waals surface area contributed by atoms with Crippen LogP contribution in [0.25, 0.3) is 0 Å². The summed E-state index contributed by atoms with van der Waals surface area (Å²) in [6.07, 6.45) is 0.0543. The zero-order valence-corrected chi connectivity index (χ0v) is 26.0. The second-order valence-corrected chi connectivity index (χ2v) is 13.6. The normalized spacial score (nSPS) is 15.6. The van der Waals surface area contributed by atoms with Crippen molar-refractivity contribution in [3.63, 3.8) is 0 Å². The van der Waals surface area contributed by atoms with E-state index < -0.39 is 15.8 Å². The molecule has 0 fully saturated rings. The van der Waals surface area contributed by atoms with Gasteiger partial charge >= 0.3 is 0 Å². The van der Waals surface area contributed by atoms with E-state index in [1.165, 1.54) is 11.1 Å². The second kappa shape index (κ2) is 15.1. The lowest BCUT2D eigenvalue weighted by Crippen LogP contribution is -2.46. The smallest absolute Gasteiger partial charge is 0.0966 e. The van der Waals surface area contributed by atoms with Gasteiger partial charge in [0.05, 0.1) is 20.7 Å². The number of aliphatic hydroxyl groups is 1. The summed E-state index contributed by atoms with van der Waals surface area (Å²) in [5.74, 6) is -0.00567. The van der Waals surface area contributed by atoms with Gasteiger partial charge in [-0.3, -0.25) is 4.90 Å². The molecular weight excluding hydrogens is 536 g/mol. The minimum absolute atomic E-state index is 0.162. The highest BCUT2D eigenvalue weighted by Gasteiger charge is 2.35. The summed E-state index contributed by atoms with van der Waals surface area (Å²) in [5.41, 5.74) is 4.25. The standard InChI is InChI=1S/C37H44N2O2S/c1-29(2)25-35(39(26-31-17-9-5-10-18-31)27-32-19-11-6-12-20-32)37(40)36(33-21-13-7-14-22-33)30(3)28-42(41,38-4)34-23-15-8-16-24-34/h5-24,28-29,35-37,40H,25-27H2,1-4H3/b30-28+/t35-,36-,37-,42?/m0/s1. The van der Waals surface area contributed by atoms with Gasteiger partial charge in [-0.15, -0.1) is 0 Å². The fourth-order valence-electron chi connectivity index (χ4n) is 5.69. The van der Waals surface area contributed by atoms with Crippen molar-refractivity contribution in [3.05, 3.63) is 149 Å². The molecule has 220 valence electrons. The first-order valence-electron chi connectivity index (χ1n) is 14.7. The molecule has 42 heavy (non-hydrogen) atoms. The van der Waals surface area contributed by atoms with Crippen molar-refractivity contribution < 1.29 is 9.32 Å². The number of rotatable bonds is 13. The van der Waals surface area contributed by atoms with Gasteiger partial charge in [-0.25, -0.2) is 8.57 Å². The average molecular weight is 581 g/mol. The fourth-order valence-corrected chi connectivity index (χ4v) is 7.34. The molecule has 0 bridgehead atoms. The molecule has 4 atom stereocenters. The van der Waals surface area contributed by atoms with Crippen LogP contribution in [0.4, 0.5) is 0 Å². The van der Waals surface area contributed by atoms with E-state index in [4.69, 9.17) is 0 Å². The number of hydrogen-bond acceptors (Lipinski definition) is 4. The summed E-state index contributed by atoms with van der Waals surface area (Å²) in [5, 5.41) is 14.3. The molecule has 5 heteroatoms. The van der Waals surface area contributed by atoms with Crippen LogP contribution in [-0.4, -0.2) is 33.4 Å². The summed E-state index contributed by atoms with van der Waals surface area (Å²) >= 11 is 0. The molecule has 0 saturated carbocycles. The van der Waals surface area contributed by atoms with Crippen molar-refractivity contribution in [3.8, 4) is 0 Å². The Morgan fingerprint density at radius 2 is 1.24 bits per heavy atom. The number of aliphatic hydroxyl groups excluding tert-OH is 1. The van der Waals surface area contributed by atoms with E-state index in [-0.39, 0.29) is 12.0 Å². The molecule has 0 aliphatic heterocycles. The summed E-state index contributed by atoms with van der Waals surface area (Å²) in [7, 11) is -1.21. The van der Waals surface area contributed by atoms with Crippen LogP contribution in [0, 0.1) is 5.92 Å². The van der Waals surface area contributed by atoms with Crippen molar-refractivity contribution in [1.29, 1.82) is 0 Å². The Balaban J connectivity index is 1.81. The molecule has 0 aliphatic carbocycles. The highest BCUT2D eigenvalue weighted by Crippen LogP contribution is 2.35. The third kappa shape index (κ3) is 8.28. The summed E-state index contributed by atoms with van der Waals surface area (Å²) in [6, 6.07) is 40.3. The van der Waals surface area contributed by atoms with Gasteiger partial charge in [0.1, 0.15) is 0 Å². The predicted octanol–water partition coefficient (Wildman–Crippen LogP) is 8.31. The van der Waals surface area contributed by atoms with Crippen molar-refractivity contribution in [1.82, 2.24) is 4.90 Å². The van der Waals surface area contributed by atoms with Crippen LogP contribution in [0.3, 0.4) is 0 Å². The van der Waals surface area contributed by atoms with E-state index in [9.17, 15) is 9.32 Å². The topological polar surface area (TPSA) is 52.9 Å². The van der Waals surface area contributed by atoms with Crippen LogP contribution in [0.15, 0.2) is 142 Å². The first kappa shape index (κ1) is 31.4. The first-order valence-corrected chi connectivity index (χ1v) is 16.3. The van der Waals surface area contributed by atoms with Crippen LogP contribution < -0.4 is 0 Å². The Kier molecular flexibility index (Phi) is 11.3. The third-order valence-electron chi connectivity index (χ3n) is 7.72.